The van der Waals surface area contributed by atoms with Crippen molar-refractivity contribution in [3.8, 4) is 0 Å². The quantitative estimate of drug-likeness (QED) is 0.234. The number of rotatable bonds is 3. The fourth-order valence-electron chi connectivity index (χ4n) is 6.99. The summed E-state index contributed by atoms with van der Waals surface area (Å²) in [5.74, 6) is -2.64. The number of esters is 1. The number of carbonyl (C=O) groups is 1. The highest BCUT2D eigenvalue weighted by Crippen LogP contribution is 2.40. The lowest BCUT2D eigenvalue weighted by atomic mass is 9.76. The van der Waals surface area contributed by atoms with Crippen LogP contribution in [0.25, 0.3) is 0 Å². The van der Waals surface area contributed by atoms with Gasteiger partial charge < -0.3 is 48.7 Å². The van der Waals surface area contributed by atoms with Crippen molar-refractivity contribution in [2.75, 3.05) is 35.4 Å². The summed E-state index contributed by atoms with van der Waals surface area (Å²) in [7, 11) is 8.82. The number of nitrogens with zero attached hydrogens (tertiary/aromatic N) is 2. The molecule has 14 atom stereocenters. The summed E-state index contributed by atoms with van der Waals surface area (Å²) < 4.78 is 35.6. The molecule has 0 aromatic rings. The van der Waals surface area contributed by atoms with E-state index < -0.39 is 60.2 Å². The first-order valence-corrected chi connectivity index (χ1v) is 16.5. The van der Waals surface area contributed by atoms with Gasteiger partial charge in [0, 0.05) is 45.1 Å². The predicted molar refractivity (Wildman–Crippen MR) is 172 cm³/mol. The van der Waals surface area contributed by atoms with Crippen LogP contribution in [0.15, 0.2) is 5.16 Å². The number of likely N-dealkylation sites (N-methyl/N-ethyl adjacent to an activating group) is 1. The maximum Gasteiger partial charge on any atom is 0.311 e. The van der Waals surface area contributed by atoms with E-state index in [-0.39, 0.29) is 36.5 Å². The average Bonchev–Trinajstić information content (AvgIpc) is 2.99. The SMILES string of the molecule is CC.CC[C@H]1OC(=O)C(C)[C@@H](OC)[C@H](C)[C@H]2O[C@@H]3OC(C)C[C@H](N(C)C)[C@H]3O[C@@H]2C[C@@H](C)/C(=N\O)[C@H](C)[C@@H](O)[C@]1(C)O.COC. The fourth-order valence-corrected chi connectivity index (χ4v) is 6.99. The average molecular weight is 649 g/mol. The topological polar surface area (TPSA) is 149 Å². The Labute approximate surface area is 271 Å². The van der Waals surface area contributed by atoms with Gasteiger partial charge in [0.05, 0.1) is 42.1 Å². The molecule has 3 rings (SSSR count). The Morgan fingerprint density at radius 3 is 2.04 bits per heavy atom. The number of aliphatic hydroxyl groups excluding tert-OH is 1. The van der Waals surface area contributed by atoms with Crippen LogP contribution >= 0.6 is 0 Å². The Bertz CT molecular complexity index is 903. The van der Waals surface area contributed by atoms with E-state index >= 15 is 0 Å². The summed E-state index contributed by atoms with van der Waals surface area (Å²) in [6.45, 7) is 16.6. The van der Waals surface area contributed by atoms with Crippen LogP contribution < -0.4 is 0 Å². The maximum atomic E-state index is 13.4. The van der Waals surface area contributed by atoms with E-state index in [1.54, 1.807) is 42.1 Å². The number of carbonyl (C=O) groups excluding carboxylic acids is 1. The molecule has 0 aromatic heterocycles. The number of fused-ring (bicyclic) bond motifs is 2. The van der Waals surface area contributed by atoms with Gasteiger partial charge in [0.15, 0.2) is 6.29 Å². The summed E-state index contributed by atoms with van der Waals surface area (Å²) in [6.07, 6.45) is -3.43. The van der Waals surface area contributed by atoms with E-state index in [0.717, 1.165) is 6.42 Å². The van der Waals surface area contributed by atoms with Crippen molar-refractivity contribution in [1.29, 1.82) is 0 Å². The zero-order chi connectivity index (χ0) is 34.8. The Hall–Kier alpha value is -1.38. The van der Waals surface area contributed by atoms with Crippen LogP contribution in [-0.2, 0) is 33.2 Å². The van der Waals surface area contributed by atoms with Gasteiger partial charge in [-0.3, -0.25) is 4.79 Å². The lowest BCUT2D eigenvalue weighted by Gasteiger charge is -2.52. The molecule has 266 valence electrons. The fraction of sp³-hybridized carbons (Fsp3) is 0.939. The number of methoxy groups -OCH3 is 2. The van der Waals surface area contributed by atoms with Gasteiger partial charge in [-0.25, -0.2) is 0 Å². The lowest BCUT2D eigenvalue weighted by Crippen LogP contribution is -2.64. The van der Waals surface area contributed by atoms with Gasteiger partial charge in [-0.2, -0.15) is 0 Å². The third-order valence-corrected chi connectivity index (χ3v) is 9.44. The monoisotopic (exact) mass is 648 g/mol. The molecule has 12 heteroatoms. The Kier molecular flexibility index (Phi) is 17.4. The summed E-state index contributed by atoms with van der Waals surface area (Å²) in [6, 6.07) is 0.0633. The molecule has 3 fully saturated rings. The van der Waals surface area contributed by atoms with Gasteiger partial charge in [-0.05, 0) is 54.1 Å². The second-order valence-corrected chi connectivity index (χ2v) is 13.0. The van der Waals surface area contributed by atoms with Crippen molar-refractivity contribution in [3.05, 3.63) is 0 Å². The minimum absolute atomic E-state index is 0.0251. The maximum absolute atomic E-state index is 13.4. The first-order valence-electron chi connectivity index (χ1n) is 16.5. The Morgan fingerprint density at radius 1 is 0.978 bits per heavy atom. The van der Waals surface area contributed by atoms with Gasteiger partial charge in [-0.1, -0.05) is 46.7 Å². The van der Waals surface area contributed by atoms with Crippen molar-refractivity contribution >= 4 is 11.7 Å². The van der Waals surface area contributed by atoms with Crippen LogP contribution in [0, 0.1) is 23.7 Å². The largest absolute Gasteiger partial charge is 0.459 e. The third kappa shape index (κ3) is 9.82. The van der Waals surface area contributed by atoms with Crippen LogP contribution in [0.1, 0.15) is 81.6 Å². The van der Waals surface area contributed by atoms with E-state index in [4.69, 9.17) is 23.7 Å². The number of hydrogen-bond acceptors (Lipinski definition) is 12. The highest BCUT2D eigenvalue weighted by Gasteiger charge is 2.52. The summed E-state index contributed by atoms with van der Waals surface area (Å²) in [5, 5.41) is 36.4. The number of hydrogen-bond donors (Lipinski definition) is 3. The second-order valence-electron chi connectivity index (χ2n) is 13.0. The molecule has 0 aliphatic carbocycles. The first kappa shape index (κ1) is 41.6. The van der Waals surface area contributed by atoms with Crippen molar-refractivity contribution in [3.63, 3.8) is 0 Å². The highest BCUT2D eigenvalue weighted by molar-refractivity contribution is 5.88. The van der Waals surface area contributed by atoms with Crippen molar-refractivity contribution in [1.82, 2.24) is 4.90 Å². The van der Waals surface area contributed by atoms with Gasteiger partial charge in [-0.15, -0.1) is 0 Å². The van der Waals surface area contributed by atoms with Gasteiger partial charge in [0.25, 0.3) is 0 Å². The molecular formula is C33H64N2O10. The molecule has 0 saturated carbocycles. The molecule has 0 bridgehead atoms. The summed E-state index contributed by atoms with van der Waals surface area (Å²) in [5.41, 5.74) is -1.48. The van der Waals surface area contributed by atoms with E-state index in [2.05, 4.69) is 14.8 Å². The highest BCUT2D eigenvalue weighted by atomic mass is 16.7. The minimum Gasteiger partial charge on any atom is -0.459 e. The van der Waals surface area contributed by atoms with Gasteiger partial charge in [0.2, 0.25) is 0 Å². The van der Waals surface area contributed by atoms with Crippen LogP contribution in [0.2, 0.25) is 0 Å². The van der Waals surface area contributed by atoms with Crippen LogP contribution in [0.5, 0.6) is 0 Å². The second kappa shape index (κ2) is 18.8. The van der Waals surface area contributed by atoms with Crippen molar-refractivity contribution in [2.45, 2.75) is 142 Å². The zero-order valence-corrected chi connectivity index (χ0v) is 30.2. The van der Waals surface area contributed by atoms with E-state index in [1.165, 1.54) is 6.92 Å². The van der Waals surface area contributed by atoms with Crippen molar-refractivity contribution in [2.24, 2.45) is 28.8 Å². The Morgan fingerprint density at radius 2 is 1.56 bits per heavy atom. The third-order valence-electron chi connectivity index (χ3n) is 9.44. The number of aliphatic hydroxyl groups is 2. The molecule has 3 N–H and O–H groups in total. The standard InChI is InChI=1S/C29H52N2O9.C2H6O.C2H6/c1-11-21-29(7,34)26(32)16(4)22(30-35)14(2)12-20-24(17(5)23(36-10)18(6)27(33)39-21)40-28-25(38-20)19(31(8)9)13-15(3)37-28;1-3-2;1-2/h14-21,23-26,28,32,34-35H,11-13H2,1-10H3;1-2H3;1-2H3/b30-22+;;/t14-,15?,16+,17+,18?,19+,20-,21-,23+,24-,25-,26-,28+,29-;;/m1../s1. The molecular weight excluding hydrogens is 584 g/mol. The summed E-state index contributed by atoms with van der Waals surface area (Å²) >= 11 is 0. The molecule has 3 saturated heterocycles. The molecule has 3 heterocycles. The number of ether oxygens (including phenoxy) is 6. The zero-order valence-electron chi connectivity index (χ0n) is 30.2. The van der Waals surface area contributed by atoms with Gasteiger partial charge in [0.1, 0.15) is 17.8 Å². The summed E-state index contributed by atoms with van der Waals surface area (Å²) in [4.78, 5) is 15.5. The molecule has 3 aliphatic rings. The van der Waals surface area contributed by atoms with Crippen LogP contribution in [0.3, 0.4) is 0 Å². The minimum atomic E-state index is -1.80. The molecule has 2 unspecified atom stereocenters. The van der Waals surface area contributed by atoms with Gasteiger partial charge >= 0.3 is 5.97 Å². The molecule has 45 heavy (non-hydrogen) atoms. The smallest absolute Gasteiger partial charge is 0.311 e. The lowest BCUT2D eigenvalue weighted by molar-refractivity contribution is -0.349. The normalized spacial score (nSPS) is 43.8. The van der Waals surface area contributed by atoms with E-state index in [1.807, 2.05) is 48.7 Å². The molecule has 0 aromatic carbocycles. The number of cyclic esters (lactones) is 1. The molecule has 0 radical (unpaired) electrons. The number of oxime groups is 1. The van der Waals surface area contributed by atoms with Crippen LogP contribution in [-0.4, -0.2) is 128 Å². The van der Waals surface area contributed by atoms with E-state index in [9.17, 15) is 20.2 Å². The first-order chi connectivity index (χ1) is 21.1. The molecule has 0 spiro atoms. The predicted octanol–water partition coefficient (Wildman–Crippen LogP) is 3.72. The van der Waals surface area contributed by atoms with Crippen molar-refractivity contribution < 1.29 is 48.6 Å². The van der Waals surface area contributed by atoms with E-state index in [0.29, 0.717) is 12.1 Å². The van der Waals surface area contributed by atoms with Crippen LogP contribution in [0.4, 0.5) is 0 Å². The Balaban J connectivity index is 0.00000191. The molecule has 3 aliphatic heterocycles. The molecule has 12 nitrogen and oxygen atoms in total. The molecule has 0 amide bonds.